The van der Waals surface area contributed by atoms with Gasteiger partial charge in [-0.3, -0.25) is 0 Å². The van der Waals surface area contributed by atoms with Crippen LogP contribution in [0.15, 0.2) is 27.4 Å². The second kappa shape index (κ2) is 2.93. The molecule has 1 aliphatic rings. The summed E-state index contributed by atoms with van der Waals surface area (Å²) in [5.74, 6) is 0. The summed E-state index contributed by atoms with van der Waals surface area (Å²) in [4.78, 5) is 10.8. The number of fused-ring (bicyclic) bond motifs is 1. The van der Waals surface area contributed by atoms with E-state index in [-0.39, 0.29) is 10.4 Å². The quantitative estimate of drug-likeness (QED) is 0.842. The predicted octanol–water partition coefficient (Wildman–Crippen LogP) is 1.84. The lowest BCUT2D eigenvalue weighted by atomic mass is 9.96. The SMILES string of the molecule is NCC1(c2ccc3oc(=O)sc3c2)CC1. The molecule has 1 fully saturated rings. The molecule has 0 bridgehead atoms. The molecule has 0 radical (unpaired) electrons. The van der Waals surface area contributed by atoms with Crippen molar-refractivity contribution in [1.82, 2.24) is 0 Å². The van der Waals surface area contributed by atoms with Gasteiger partial charge in [0.15, 0.2) is 0 Å². The summed E-state index contributed by atoms with van der Waals surface area (Å²) in [6.45, 7) is 0.686. The summed E-state index contributed by atoms with van der Waals surface area (Å²) in [5, 5.41) is 0. The lowest BCUT2D eigenvalue weighted by Crippen LogP contribution is -2.19. The normalized spacial score (nSPS) is 18.2. The van der Waals surface area contributed by atoms with E-state index in [1.54, 1.807) is 0 Å². The van der Waals surface area contributed by atoms with Crippen LogP contribution in [0.1, 0.15) is 18.4 Å². The first-order chi connectivity index (χ1) is 7.23. The van der Waals surface area contributed by atoms with Crippen LogP contribution in [0, 0.1) is 0 Å². The van der Waals surface area contributed by atoms with Crippen LogP contribution in [0.5, 0.6) is 0 Å². The molecule has 1 heterocycles. The molecule has 1 saturated carbocycles. The monoisotopic (exact) mass is 221 g/mol. The topological polar surface area (TPSA) is 56.2 Å². The summed E-state index contributed by atoms with van der Waals surface area (Å²) in [7, 11) is 0. The first-order valence-electron chi connectivity index (χ1n) is 4.98. The van der Waals surface area contributed by atoms with E-state index in [1.807, 2.05) is 18.2 Å². The van der Waals surface area contributed by atoms with E-state index in [4.69, 9.17) is 10.2 Å². The Morgan fingerprint density at radius 3 is 2.93 bits per heavy atom. The lowest BCUT2D eigenvalue weighted by Gasteiger charge is -2.11. The number of hydrogen-bond donors (Lipinski definition) is 1. The maximum Gasteiger partial charge on any atom is 0.396 e. The molecule has 3 nitrogen and oxygen atoms in total. The van der Waals surface area contributed by atoms with Crippen molar-refractivity contribution in [3.63, 3.8) is 0 Å². The Kier molecular flexibility index (Phi) is 1.78. The average Bonchev–Trinajstić information content (AvgIpc) is 2.94. The Balaban J connectivity index is 2.17. The maximum atomic E-state index is 11.1. The number of nitrogens with two attached hydrogens (primary N) is 1. The van der Waals surface area contributed by atoms with Gasteiger partial charge in [0, 0.05) is 12.0 Å². The fourth-order valence-corrected chi connectivity index (χ4v) is 2.67. The van der Waals surface area contributed by atoms with E-state index in [1.165, 1.54) is 5.56 Å². The minimum Gasteiger partial charge on any atom is -0.414 e. The van der Waals surface area contributed by atoms with Crippen LogP contribution in [-0.4, -0.2) is 6.54 Å². The minimum absolute atomic E-state index is 0.182. The molecular formula is C11H11NO2S. The molecule has 0 spiro atoms. The van der Waals surface area contributed by atoms with Gasteiger partial charge in [0.05, 0.1) is 4.70 Å². The molecule has 0 amide bonds. The van der Waals surface area contributed by atoms with Crippen LogP contribution in [-0.2, 0) is 5.41 Å². The lowest BCUT2D eigenvalue weighted by molar-refractivity contribution is 0.585. The van der Waals surface area contributed by atoms with E-state index in [0.717, 1.165) is 28.9 Å². The fraction of sp³-hybridized carbons (Fsp3) is 0.364. The van der Waals surface area contributed by atoms with E-state index in [2.05, 4.69) is 0 Å². The van der Waals surface area contributed by atoms with Crippen molar-refractivity contribution in [2.75, 3.05) is 6.54 Å². The highest BCUT2D eigenvalue weighted by Crippen LogP contribution is 2.47. The zero-order valence-corrected chi connectivity index (χ0v) is 8.97. The van der Waals surface area contributed by atoms with E-state index >= 15 is 0 Å². The highest BCUT2D eigenvalue weighted by molar-refractivity contribution is 7.16. The molecule has 2 aromatic rings. The van der Waals surface area contributed by atoms with Gasteiger partial charge in [-0.25, -0.2) is 4.79 Å². The zero-order chi connectivity index (χ0) is 10.5. The van der Waals surface area contributed by atoms with Gasteiger partial charge in [0.1, 0.15) is 5.58 Å². The van der Waals surface area contributed by atoms with Gasteiger partial charge in [-0.15, -0.1) is 0 Å². The van der Waals surface area contributed by atoms with Crippen molar-refractivity contribution in [2.45, 2.75) is 18.3 Å². The molecule has 1 aliphatic carbocycles. The molecule has 2 N–H and O–H groups in total. The van der Waals surface area contributed by atoms with Crippen LogP contribution in [0.25, 0.3) is 10.3 Å². The van der Waals surface area contributed by atoms with Crippen LogP contribution >= 0.6 is 11.3 Å². The third-order valence-corrected chi connectivity index (χ3v) is 3.98. The molecule has 0 atom stereocenters. The standard InChI is InChI=1S/C11H11NO2S/c12-6-11(3-4-11)7-1-2-8-9(5-7)15-10(13)14-8/h1-2,5H,3-4,6,12H2. The average molecular weight is 221 g/mol. The summed E-state index contributed by atoms with van der Waals surface area (Å²) in [6.07, 6.45) is 2.31. The molecule has 78 valence electrons. The molecule has 0 unspecified atom stereocenters. The smallest absolute Gasteiger partial charge is 0.396 e. The Bertz CT molecular complexity index is 565. The van der Waals surface area contributed by atoms with Crippen LogP contribution in [0.4, 0.5) is 0 Å². The molecule has 1 aromatic carbocycles. The first kappa shape index (κ1) is 9.12. The Morgan fingerprint density at radius 2 is 2.27 bits per heavy atom. The van der Waals surface area contributed by atoms with Crippen molar-refractivity contribution >= 4 is 21.6 Å². The Hall–Kier alpha value is -1.13. The van der Waals surface area contributed by atoms with Gasteiger partial charge < -0.3 is 10.2 Å². The van der Waals surface area contributed by atoms with Crippen LogP contribution < -0.4 is 10.7 Å². The summed E-state index contributed by atoms with van der Waals surface area (Å²) in [5.41, 5.74) is 7.88. The number of hydrogen-bond acceptors (Lipinski definition) is 4. The van der Waals surface area contributed by atoms with E-state index in [9.17, 15) is 4.79 Å². The Labute approximate surface area is 90.5 Å². The largest absolute Gasteiger partial charge is 0.414 e. The summed E-state index contributed by atoms with van der Waals surface area (Å²) >= 11 is 1.16. The highest BCUT2D eigenvalue weighted by atomic mass is 32.1. The minimum atomic E-state index is -0.236. The van der Waals surface area contributed by atoms with Gasteiger partial charge in [0.2, 0.25) is 0 Å². The molecule has 15 heavy (non-hydrogen) atoms. The highest BCUT2D eigenvalue weighted by Gasteiger charge is 2.42. The van der Waals surface area contributed by atoms with Gasteiger partial charge in [-0.1, -0.05) is 17.4 Å². The molecule has 0 saturated heterocycles. The Morgan fingerprint density at radius 1 is 1.47 bits per heavy atom. The van der Waals surface area contributed by atoms with Crippen molar-refractivity contribution in [3.05, 3.63) is 33.5 Å². The third kappa shape index (κ3) is 1.33. The van der Waals surface area contributed by atoms with Gasteiger partial charge >= 0.3 is 4.94 Å². The third-order valence-electron chi connectivity index (χ3n) is 3.19. The molecule has 0 aliphatic heterocycles. The van der Waals surface area contributed by atoms with Crippen molar-refractivity contribution in [2.24, 2.45) is 5.73 Å². The second-order valence-electron chi connectivity index (χ2n) is 4.10. The van der Waals surface area contributed by atoms with Gasteiger partial charge in [-0.05, 0) is 30.5 Å². The van der Waals surface area contributed by atoms with E-state index < -0.39 is 0 Å². The summed E-state index contributed by atoms with van der Waals surface area (Å²) in [6, 6.07) is 5.95. The number of rotatable bonds is 2. The number of benzene rings is 1. The van der Waals surface area contributed by atoms with Crippen LogP contribution in [0.3, 0.4) is 0 Å². The van der Waals surface area contributed by atoms with Crippen molar-refractivity contribution in [3.8, 4) is 0 Å². The summed E-state index contributed by atoms with van der Waals surface area (Å²) < 4.78 is 5.95. The molecule has 4 heteroatoms. The fourth-order valence-electron chi connectivity index (χ4n) is 1.96. The maximum absolute atomic E-state index is 11.1. The van der Waals surface area contributed by atoms with E-state index in [0.29, 0.717) is 12.1 Å². The van der Waals surface area contributed by atoms with Crippen LogP contribution in [0.2, 0.25) is 0 Å². The van der Waals surface area contributed by atoms with Crippen molar-refractivity contribution in [1.29, 1.82) is 0 Å². The molecule has 1 aromatic heterocycles. The predicted molar refractivity (Wildman–Crippen MR) is 60.3 cm³/mol. The first-order valence-corrected chi connectivity index (χ1v) is 5.79. The molecule has 3 rings (SSSR count). The second-order valence-corrected chi connectivity index (χ2v) is 5.08. The molecular weight excluding hydrogens is 210 g/mol. The van der Waals surface area contributed by atoms with Gasteiger partial charge in [-0.2, -0.15) is 0 Å². The van der Waals surface area contributed by atoms with Gasteiger partial charge in [0.25, 0.3) is 0 Å². The van der Waals surface area contributed by atoms with Crippen molar-refractivity contribution < 1.29 is 4.42 Å². The zero-order valence-electron chi connectivity index (χ0n) is 8.16.